The van der Waals surface area contributed by atoms with Gasteiger partial charge >= 0.3 is 0 Å². The Bertz CT molecular complexity index is 447. The van der Waals surface area contributed by atoms with Gasteiger partial charge in [0.15, 0.2) is 5.82 Å². The lowest BCUT2D eigenvalue weighted by Crippen LogP contribution is -2.37. The van der Waals surface area contributed by atoms with Crippen LogP contribution in [0.4, 0.5) is 0 Å². The molecule has 1 aromatic rings. The van der Waals surface area contributed by atoms with Gasteiger partial charge in [0.25, 0.3) is 0 Å². The van der Waals surface area contributed by atoms with E-state index in [-0.39, 0.29) is 0 Å². The van der Waals surface area contributed by atoms with Crippen molar-refractivity contribution in [2.24, 2.45) is 24.3 Å². The van der Waals surface area contributed by atoms with E-state index in [9.17, 15) is 0 Å². The van der Waals surface area contributed by atoms with Crippen molar-refractivity contribution in [3.05, 3.63) is 5.82 Å². The van der Waals surface area contributed by atoms with Crippen LogP contribution in [0.5, 0.6) is 0 Å². The molecule has 2 unspecified atom stereocenters. The minimum Gasteiger partial charge on any atom is -0.314 e. The molecule has 0 spiro atoms. The molecule has 2 aliphatic carbocycles. The molecule has 3 rings (SSSR count). The largest absolute Gasteiger partial charge is 0.314 e. The van der Waals surface area contributed by atoms with Crippen LogP contribution >= 0.6 is 0 Å². The van der Waals surface area contributed by atoms with Crippen LogP contribution < -0.4 is 5.32 Å². The highest BCUT2D eigenvalue weighted by atomic mass is 15.6. The average molecular weight is 277 g/mol. The zero-order valence-corrected chi connectivity index (χ0v) is 13.0. The molecular weight excluding hydrogens is 250 g/mol. The van der Waals surface area contributed by atoms with Gasteiger partial charge in [-0.15, -0.1) is 10.2 Å². The van der Waals surface area contributed by atoms with Gasteiger partial charge in [-0.1, -0.05) is 13.8 Å². The van der Waals surface area contributed by atoms with E-state index >= 15 is 0 Å². The second-order valence-electron chi connectivity index (χ2n) is 7.51. The molecule has 1 heterocycles. The molecule has 112 valence electrons. The fourth-order valence-corrected chi connectivity index (χ4v) is 3.54. The van der Waals surface area contributed by atoms with E-state index < -0.39 is 0 Å². The first kappa shape index (κ1) is 14.0. The van der Waals surface area contributed by atoms with E-state index in [0.29, 0.717) is 11.3 Å². The smallest absolute Gasteiger partial charge is 0.175 e. The molecule has 0 bridgehead atoms. The first-order chi connectivity index (χ1) is 9.52. The fraction of sp³-hybridized carbons (Fsp3) is 0.933. The van der Waals surface area contributed by atoms with Gasteiger partial charge in [-0.3, -0.25) is 0 Å². The standard InChI is InChI=1S/C15H27N5/c1-15(2)7-6-11(10-16-13-4-5-13)12(9-15)8-14-17-19-20(3)18-14/h11-13,16H,4-10H2,1-3H3. The molecule has 2 aliphatic rings. The summed E-state index contributed by atoms with van der Waals surface area (Å²) in [4.78, 5) is 1.57. The summed E-state index contributed by atoms with van der Waals surface area (Å²) in [5.41, 5.74) is 0.461. The molecule has 1 N–H and O–H groups in total. The van der Waals surface area contributed by atoms with E-state index in [2.05, 4.69) is 34.6 Å². The summed E-state index contributed by atoms with van der Waals surface area (Å²) in [6.45, 7) is 5.97. The maximum atomic E-state index is 4.37. The second-order valence-corrected chi connectivity index (χ2v) is 7.51. The van der Waals surface area contributed by atoms with Crippen LogP contribution in [0.3, 0.4) is 0 Å². The predicted molar refractivity (Wildman–Crippen MR) is 78.1 cm³/mol. The minimum atomic E-state index is 0.461. The highest BCUT2D eigenvalue weighted by Gasteiger charge is 2.36. The maximum Gasteiger partial charge on any atom is 0.175 e. The molecule has 1 aromatic heterocycles. The van der Waals surface area contributed by atoms with Gasteiger partial charge in [0.2, 0.25) is 0 Å². The second kappa shape index (κ2) is 5.43. The third-order valence-electron chi connectivity index (χ3n) is 4.91. The number of nitrogens with zero attached hydrogens (tertiary/aromatic N) is 4. The Hall–Kier alpha value is -0.970. The third kappa shape index (κ3) is 3.57. The summed E-state index contributed by atoms with van der Waals surface area (Å²) >= 11 is 0. The highest BCUT2D eigenvalue weighted by Crippen LogP contribution is 2.42. The Kier molecular flexibility index (Phi) is 3.80. The summed E-state index contributed by atoms with van der Waals surface area (Å²) in [6, 6.07) is 0.806. The number of aromatic nitrogens is 4. The number of nitrogens with one attached hydrogen (secondary N) is 1. The number of rotatable bonds is 5. The fourth-order valence-electron chi connectivity index (χ4n) is 3.54. The van der Waals surface area contributed by atoms with E-state index in [1.165, 1.54) is 38.6 Å². The lowest BCUT2D eigenvalue weighted by atomic mass is 9.66. The van der Waals surface area contributed by atoms with Crippen molar-refractivity contribution >= 4 is 0 Å². The van der Waals surface area contributed by atoms with Gasteiger partial charge in [0, 0.05) is 12.5 Å². The number of hydrogen-bond donors (Lipinski definition) is 1. The number of aryl methyl sites for hydroxylation is 1. The van der Waals surface area contributed by atoms with Crippen molar-refractivity contribution < 1.29 is 0 Å². The molecule has 0 aromatic carbocycles. The van der Waals surface area contributed by atoms with Crippen molar-refractivity contribution in [2.75, 3.05) is 6.54 Å². The van der Waals surface area contributed by atoms with Crippen molar-refractivity contribution in [3.63, 3.8) is 0 Å². The van der Waals surface area contributed by atoms with E-state index in [1.54, 1.807) is 4.80 Å². The zero-order chi connectivity index (χ0) is 14.2. The average Bonchev–Trinajstić information content (AvgIpc) is 3.11. The van der Waals surface area contributed by atoms with Crippen LogP contribution in [0.15, 0.2) is 0 Å². The Morgan fingerprint density at radius 3 is 2.70 bits per heavy atom. The zero-order valence-electron chi connectivity index (χ0n) is 13.0. The molecule has 2 fully saturated rings. The lowest BCUT2D eigenvalue weighted by molar-refractivity contribution is 0.114. The van der Waals surface area contributed by atoms with Gasteiger partial charge in [-0.05, 0) is 61.1 Å². The number of tetrazole rings is 1. The van der Waals surface area contributed by atoms with Crippen LogP contribution in [0.25, 0.3) is 0 Å². The minimum absolute atomic E-state index is 0.461. The molecule has 20 heavy (non-hydrogen) atoms. The SMILES string of the molecule is Cn1nnc(CC2CC(C)(C)CCC2CNC2CC2)n1. The van der Waals surface area contributed by atoms with E-state index in [0.717, 1.165) is 24.2 Å². The molecule has 5 heteroatoms. The molecule has 5 nitrogen and oxygen atoms in total. The molecule has 2 saturated carbocycles. The lowest BCUT2D eigenvalue weighted by Gasteiger charge is -2.40. The number of hydrogen-bond acceptors (Lipinski definition) is 4. The molecular formula is C15H27N5. The van der Waals surface area contributed by atoms with Crippen molar-refractivity contribution in [2.45, 2.75) is 58.4 Å². The Labute approximate surface area is 121 Å². The summed E-state index contributed by atoms with van der Waals surface area (Å²) < 4.78 is 0. The van der Waals surface area contributed by atoms with Crippen molar-refractivity contribution in [3.8, 4) is 0 Å². The van der Waals surface area contributed by atoms with E-state index in [1.807, 2.05) is 7.05 Å². The Balaban J connectivity index is 1.63. The Morgan fingerprint density at radius 1 is 1.25 bits per heavy atom. The van der Waals surface area contributed by atoms with Gasteiger partial charge in [0.05, 0.1) is 7.05 Å². The molecule has 0 saturated heterocycles. The Morgan fingerprint density at radius 2 is 2.05 bits per heavy atom. The van der Waals surface area contributed by atoms with Crippen LogP contribution in [0.1, 0.15) is 51.8 Å². The van der Waals surface area contributed by atoms with Gasteiger partial charge in [-0.25, -0.2) is 0 Å². The summed E-state index contributed by atoms with van der Waals surface area (Å²) in [7, 11) is 1.84. The molecule has 0 radical (unpaired) electrons. The maximum absolute atomic E-state index is 4.37. The van der Waals surface area contributed by atoms with E-state index in [4.69, 9.17) is 0 Å². The quantitative estimate of drug-likeness (QED) is 0.893. The topological polar surface area (TPSA) is 55.6 Å². The predicted octanol–water partition coefficient (Wildman–Crippen LogP) is 1.95. The monoisotopic (exact) mass is 277 g/mol. The molecule has 0 aliphatic heterocycles. The van der Waals surface area contributed by atoms with Crippen LogP contribution in [-0.2, 0) is 13.5 Å². The third-order valence-corrected chi connectivity index (χ3v) is 4.91. The van der Waals surface area contributed by atoms with Crippen LogP contribution in [0.2, 0.25) is 0 Å². The first-order valence-corrected chi connectivity index (χ1v) is 7.98. The van der Waals surface area contributed by atoms with Crippen LogP contribution in [0, 0.1) is 17.3 Å². The van der Waals surface area contributed by atoms with Crippen molar-refractivity contribution in [1.29, 1.82) is 0 Å². The van der Waals surface area contributed by atoms with Gasteiger partial charge in [0.1, 0.15) is 0 Å². The first-order valence-electron chi connectivity index (χ1n) is 7.98. The highest BCUT2D eigenvalue weighted by molar-refractivity contribution is 4.93. The molecule has 2 atom stereocenters. The molecule has 0 amide bonds. The summed E-state index contributed by atoms with van der Waals surface area (Å²) in [5.74, 6) is 2.37. The van der Waals surface area contributed by atoms with Crippen LogP contribution in [-0.4, -0.2) is 32.8 Å². The van der Waals surface area contributed by atoms with Gasteiger partial charge in [-0.2, -0.15) is 4.80 Å². The summed E-state index contributed by atoms with van der Waals surface area (Å²) in [6.07, 6.45) is 7.67. The normalized spacial score (nSPS) is 29.6. The van der Waals surface area contributed by atoms with Gasteiger partial charge < -0.3 is 5.32 Å². The summed E-state index contributed by atoms with van der Waals surface area (Å²) in [5, 5.41) is 16.2. The van der Waals surface area contributed by atoms with Crippen molar-refractivity contribution in [1.82, 2.24) is 25.5 Å².